The molecular formula is C14H15NO3S. The molecule has 0 spiro atoms. The van der Waals surface area contributed by atoms with E-state index in [1.165, 1.54) is 23.1 Å². The molecule has 2 rings (SSSR count). The number of hydrogen-bond acceptors (Lipinski definition) is 4. The van der Waals surface area contributed by atoms with Gasteiger partial charge >= 0.3 is 0 Å². The topological polar surface area (TPSA) is 69.6 Å². The quantitative estimate of drug-likeness (QED) is 0.752. The summed E-state index contributed by atoms with van der Waals surface area (Å²) in [5, 5.41) is 23.4. The van der Waals surface area contributed by atoms with Gasteiger partial charge in [-0.15, -0.1) is 11.3 Å². The first-order chi connectivity index (χ1) is 9.06. The van der Waals surface area contributed by atoms with Crippen molar-refractivity contribution in [3.63, 3.8) is 0 Å². The number of amides is 1. The molecule has 1 aromatic carbocycles. The molecule has 1 amide bonds. The lowest BCUT2D eigenvalue weighted by molar-refractivity contribution is 0.0940. The van der Waals surface area contributed by atoms with Crippen LogP contribution >= 0.6 is 11.3 Å². The highest BCUT2D eigenvalue weighted by Crippen LogP contribution is 2.24. The van der Waals surface area contributed by atoms with E-state index in [0.29, 0.717) is 5.56 Å². The molecule has 0 saturated carbocycles. The molecule has 1 unspecified atom stereocenters. The number of nitrogens with one attached hydrogen (secondary N) is 1. The summed E-state index contributed by atoms with van der Waals surface area (Å²) in [4.78, 5) is 13.2. The van der Waals surface area contributed by atoms with Crippen molar-refractivity contribution in [1.82, 2.24) is 5.32 Å². The smallest absolute Gasteiger partial charge is 0.251 e. The van der Waals surface area contributed by atoms with Crippen LogP contribution in [-0.4, -0.2) is 22.2 Å². The number of benzene rings is 1. The molecule has 0 aliphatic heterocycles. The summed E-state index contributed by atoms with van der Waals surface area (Å²) in [7, 11) is 0. The van der Waals surface area contributed by atoms with Crippen LogP contribution < -0.4 is 5.32 Å². The van der Waals surface area contributed by atoms with Crippen LogP contribution in [0.1, 0.15) is 22.2 Å². The number of rotatable bonds is 4. The minimum atomic E-state index is -0.293. The van der Waals surface area contributed by atoms with Crippen LogP contribution in [0.2, 0.25) is 0 Å². The van der Waals surface area contributed by atoms with E-state index in [-0.39, 0.29) is 23.4 Å². The van der Waals surface area contributed by atoms with Crippen LogP contribution in [0.25, 0.3) is 0 Å². The van der Waals surface area contributed by atoms with Crippen LogP contribution in [0.15, 0.2) is 35.7 Å². The summed E-state index contributed by atoms with van der Waals surface area (Å²) in [6, 6.07) is 8.03. The molecule has 0 bridgehead atoms. The Hall–Kier alpha value is -2.01. The van der Waals surface area contributed by atoms with Crippen molar-refractivity contribution in [2.45, 2.75) is 19.4 Å². The Morgan fingerprint density at radius 3 is 2.74 bits per heavy atom. The molecule has 19 heavy (non-hydrogen) atoms. The molecule has 4 nitrogen and oxygen atoms in total. The van der Waals surface area contributed by atoms with Gasteiger partial charge in [-0.1, -0.05) is 6.07 Å². The Kier molecular flexibility index (Phi) is 4.06. The maximum Gasteiger partial charge on any atom is 0.251 e. The zero-order chi connectivity index (χ0) is 13.8. The van der Waals surface area contributed by atoms with Crippen molar-refractivity contribution < 1.29 is 15.0 Å². The average molecular weight is 277 g/mol. The molecule has 1 aromatic heterocycles. The third-order valence-electron chi connectivity index (χ3n) is 2.70. The van der Waals surface area contributed by atoms with Gasteiger partial charge in [0.1, 0.15) is 0 Å². The summed E-state index contributed by atoms with van der Waals surface area (Å²) in [5.41, 5.74) is 0.327. The van der Waals surface area contributed by atoms with Gasteiger partial charge in [-0.05, 0) is 36.6 Å². The van der Waals surface area contributed by atoms with E-state index in [2.05, 4.69) is 5.32 Å². The molecule has 1 atom stereocenters. The van der Waals surface area contributed by atoms with E-state index in [9.17, 15) is 15.0 Å². The van der Waals surface area contributed by atoms with Crippen LogP contribution in [0.5, 0.6) is 11.5 Å². The van der Waals surface area contributed by atoms with Crippen molar-refractivity contribution in [1.29, 1.82) is 0 Å². The second-order valence-electron chi connectivity index (χ2n) is 4.36. The van der Waals surface area contributed by atoms with Gasteiger partial charge in [0, 0.05) is 22.9 Å². The normalized spacial score (nSPS) is 12.1. The molecule has 5 heteroatoms. The first kappa shape index (κ1) is 13.4. The van der Waals surface area contributed by atoms with Gasteiger partial charge in [0.15, 0.2) is 11.5 Å². The minimum Gasteiger partial charge on any atom is -0.504 e. The molecule has 0 aliphatic carbocycles. The SMILES string of the molecule is CC(Cc1cccs1)NC(=O)c1ccc(O)c(O)c1. The van der Waals surface area contributed by atoms with Crippen molar-refractivity contribution in [2.24, 2.45) is 0 Å². The van der Waals surface area contributed by atoms with Crippen molar-refractivity contribution >= 4 is 17.2 Å². The second kappa shape index (κ2) is 5.75. The molecule has 2 aromatic rings. The molecular weight excluding hydrogens is 262 g/mol. The van der Waals surface area contributed by atoms with Crippen LogP contribution in [-0.2, 0) is 6.42 Å². The fraction of sp³-hybridized carbons (Fsp3) is 0.214. The third-order valence-corrected chi connectivity index (χ3v) is 3.60. The van der Waals surface area contributed by atoms with Gasteiger partial charge in [-0.2, -0.15) is 0 Å². The van der Waals surface area contributed by atoms with Gasteiger partial charge in [-0.3, -0.25) is 4.79 Å². The zero-order valence-corrected chi connectivity index (χ0v) is 11.3. The summed E-state index contributed by atoms with van der Waals surface area (Å²) < 4.78 is 0. The molecule has 0 radical (unpaired) electrons. The lowest BCUT2D eigenvalue weighted by Crippen LogP contribution is -2.33. The van der Waals surface area contributed by atoms with E-state index in [1.54, 1.807) is 11.3 Å². The minimum absolute atomic E-state index is 0.00194. The van der Waals surface area contributed by atoms with Crippen LogP contribution in [0, 0.1) is 0 Å². The first-order valence-corrected chi connectivity index (χ1v) is 6.79. The van der Waals surface area contributed by atoms with Crippen LogP contribution in [0.4, 0.5) is 0 Å². The molecule has 1 heterocycles. The highest BCUT2D eigenvalue weighted by molar-refractivity contribution is 7.09. The number of phenolic OH excluding ortho intramolecular Hbond substituents is 2. The number of phenols is 2. The zero-order valence-electron chi connectivity index (χ0n) is 10.5. The van der Waals surface area contributed by atoms with E-state index in [4.69, 9.17) is 0 Å². The molecule has 100 valence electrons. The summed E-state index contributed by atoms with van der Waals surface area (Å²) in [6.07, 6.45) is 0.771. The lowest BCUT2D eigenvalue weighted by Gasteiger charge is -2.13. The molecule has 0 fully saturated rings. The summed E-state index contributed by atoms with van der Waals surface area (Å²) >= 11 is 1.65. The Balaban J connectivity index is 1.98. The molecule has 3 N–H and O–H groups in total. The standard InChI is InChI=1S/C14H15NO3S/c1-9(7-11-3-2-6-19-11)15-14(18)10-4-5-12(16)13(17)8-10/h2-6,8-9,16-17H,7H2,1H3,(H,15,18). The van der Waals surface area contributed by atoms with Gasteiger partial charge < -0.3 is 15.5 Å². The van der Waals surface area contributed by atoms with Crippen molar-refractivity contribution in [3.05, 3.63) is 46.2 Å². The highest BCUT2D eigenvalue weighted by atomic mass is 32.1. The molecule has 0 aliphatic rings. The monoisotopic (exact) mass is 277 g/mol. The Labute approximate surface area is 115 Å². The maximum atomic E-state index is 11.9. The number of carbonyl (C=O) groups excluding carboxylic acids is 1. The van der Waals surface area contributed by atoms with Crippen molar-refractivity contribution in [2.75, 3.05) is 0 Å². The average Bonchev–Trinajstić information content (AvgIpc) is 2.85. The van der Waals surface area contributed by atoms with Gasteiger partial charge in [-0.25, -0.2) is 0 Å². The number of carbonyl (C=O) groups is 1. The summed E-state index contributed by atoms with van der Waals surface area (Å²) in [6.45, 7) is 1.93. The summed E-state index contributed by atoms with van der Waals surface area (Å²) in [5.74, 6) is -0.791. The van der Waals surface area contributed by atoms with Crippen molar-refractivity contribution in [3.8, 4) is 11.5 Å². The Morgan fingerprint density at radius 2 is 2.11 bits per heavy atom. The fourth-order valence-corrected chi connectivity index (χ4v) is 2.59. The predicted octanol–water partition coefficient (Wildman–Crippen LogP) is 2.52. The predicted molar refractivity (Wildman–Crippen MR) is 74.7 cm³/mol. The third kappa shape index (κ3) is 3.48. The number of aromatic hydroxyl groups is 2. The van der Waals surface area contributed by atoms with E-state index >= 15 is 0 Å². The van der Waals surface area contributed by atoms with E-state index < -0.39 is 0 Å². The van der Waals surface area contributed by atoms with E-state index in [1.807, 2.05) is 24.4 Å². The number of hydrogen-bond donors (Lipinski definition) is 3. The van der Waals surface area contributed by atoms with Gasteiger partial charge in [0.2, 0.25) is 0 Å². The highest BCUT2D eigenvalue weighted by Gasteiger charge is 2.12. The lowest BCUT2D eigenvalue weighted by atomic mass is 10.1. The molecule has 0 saturated heterocycles. The largest absolute Gasteiger partial charge is 0.504 e. The van der Waals surface area contributed by atoms with Gasteiger partial charge in [0.25, 0.3) is 5.91 Å². The Bertz CT molecular complexity index is 566. The number of thiophene rings is 1. The van der Waals surface area contributed by atoms with Crippen LogP contribution in [0.3, 0.4) is 0 Å². The van der Waals surface area contributed by atoms with E-state index in [0.717, 1.165) is 6.42 Å². The fourth-order valence-electron chi connectivity index (χ4n) is 1.75. The first-order valence-electron chi connectivity index (χ1n) is 5.91. The second-order valence-corrected chi connectivity index (χ2v) is 5.39. The van der Waals surface area contributed by atoms with Gasteiger partial charge in [0.05, 0.1) is 0 Å². The maximum absolute atomic E-state index is 11.9. The Morgan fingerprint density at radius 1 is 1.32 bits per heavy atom.